The molecule has 5 heteroatoms. The highest BCUT2D eigenvalue weighted by molar-refractivity contribution is 5.77. The van der Waals surface area contributed by atoms with E-state index in [2.05, 4.69) is 37.2 Å². The first-order valence-electron chi connectivity index (χ1n) is 6.93. The van der Waals surface area contributed by atoms with Gasteiger partial charge in [0.25, 0.3) is 0 Å². The topological polar surface area (TPSA) is 47.2 Å². The van der Waals surface area contributed by atoms with Crippen LogP contribution in [0.3, 0.4) is 0 Å². The molecule has 102 valence electrons. The van der Waals surface area contributed by atoms with Crippen LogP contribution in [-0.4, -0.2) is 61.2 Å². The molecule has 19 heavy (non-hydrogen) atoms. The molecule has 0 aliphatic carbocycles. The number of nitrogens with one attached hydrogen (secondary N) is 2. The second-order valence-corrected chi connectivity index (χ2v) is 5.01. The molecule has 2 aromatic rings. The smallest absolute Gasteiger partial charge is 0.203 e. The standard InChI is InChI=1S/C14H21N5/c1-15-6-7-18-8-10-19(11-9-18)14-16-12-4-2-3-5-13(12)17-14/h2-5,15H,6-11H2,1H3,(H,16,17). The number of aromatic nitrogens is 2. The van der Waals surface area contributed by atoms with E-state index in [4.69, 9.17) is 0 Å². The third-order valence-electron chi connectivity index (χ3n) is 3.73. The lowest BCUT2D eigenvalue weighted by Gasteiger charge is -2.34. The molecule has 0 amide bonds. The number of benzene rings is 1. The summed E-state index contributed by atoms with van der Waals surface area (Å²) in [6, 6.07) is 8.20. The molecule has 3 rings (SSSR count). The van der Waals surface area contributed by atoms with Gasteiger partial charge in [-0.1, -0.05) is 12.1 Å². The maximum atomic E-state index is 4.66. The highest BCUT2D eigenvalue weighted by Gasteiger charge is 2.18. The molecule has 0 spiro atoms. The van der Waals surface area contributed by atoms with Gasteiger partial charge >= 0.3 is 0 Å². The van der Waals surface area contributed by atoms with Crippen molar-refractivity contribution in [2.75, 3.05) is 51.2 Å². The molecule has 2 N–H and O–H groups in total. The number of likely N-dealkylation sites (N-methyl/N-ethyl adjacent to an activating group) is 1. The average molecular weight is 259 g/mol. The summed E-state index contributed by atoms with van der Waals surface area (Å²) < 4.78 is 0. The SMILES string of the molecule is CNCCN1CCN(c2nc3ccccc3[nH]2)CC1. The van der Waals surface area contributed by atoms with Gasteiger partial charge in [0.2, 0.25) is 5.95 Å². The van der Waals surface area contributed by atoms with Crippen LogP contribution in [0.15, 0.2) is 24.3 Å². The first-order valence-corrected chi connectivity index (χ1v) is 6.93. The van der Waals surface area contributed by atoms with Crippen molar-refractivity contribution >= 4 is 17.0 Å². The number of para-hydroxylation sites is 2. The summed E-state index contributed by atoms with van der Waals surface area (Å²) in [5.41, 5.74) is 2.17. The Labute approximate surface area is 113 Å². The lowest BCUT2D eigenvalue weighted by atomic mass is 10.3. The fourth-order valence-electron chi connectivity index (χ4n) is 2.54. The van der Waals surface area contributed by atoms with Crippen LogP contribution >= 0.6 is 0 Å². The van der Waals surface area contributed by atoms with Crippen molar-refractivity contribution in [1.82, 2.24) is 20.2 Å². The van der Waals surface area contributed by atoms with Gasteiger partial charge in [-0.05, 0) is 19.2 Å². The monoisotopic (exact) mass is 259 g/mol. The van der Waals surface area contributed by atoms with Crippen LogP contribution in [0, 0.1) is 0 Å². The minimum atomic E-state index is 1.01. The normalized spacial score (nSPS) is 17.2. The lowest BCUT2D eigenvalue weighted by molar-refractivity contribution is 0.259. The molecule has 0 radical (unpaired) electrons. The van der Waals surface area contributed by atoms with E-state index in [1.54, 1.807) is 0 Å². The van der Waals surface area contributed by atoms with E-state index < -0.39 is 0 Å². The molecule has 2 heterocycles. The van der Waals surface area contributed by atoms with E-state index in [1.807, 2.05) is 19.2 Å². The van der Waals surface area contributed by atoms with Crippen molar-refractivity contribution in [2.24, 2.45) is 0 Å². The minimum Gasteiger partial charge on any atom is -0.340 e. The molecule has 0 bridgehead atoms. The van der Waals surface area contributed by atoms with Crippen LogP contribution in [0.1, 0.15) is 0 Å². The summed E-state index contributed by atoms with van der Waals surface area (Å²) >= 11 is 0. The van der Waals surface area contributed by atoms with Crippen molar-refractivity contribution in [3.63, 3.8) is 0 Å². The number of fused-ring (bicyclic) bond motifs is 1. The molecule has 1 aliphatic rings. The Bertz CT molecular complexity index is 494. The molecular weight excluding hydrogens is 238 g/mol. The zero-order valence-electron chi connectivity index (χ0n) is 11.4. The van der Waals surface area contributed by atoms with E-state index in [0.717, 1.165) is 56.3 Å². The molecular formula is C14H21N5. The van der Waals surface area contributed by atoms with Gasteiger partial charge in [0, 0.05) is 39.3 Å². The van der Waals surface area contributed by atoms with E-state index >= 15 is 0 Å². The van der Waals surface area contributed by atoms with E-state index in [0.29, 0.717) is 0 Å². The molecule has 1 aromatic carbocycles. The molecule has 0 atom stereocenters. The second kappa shape index (κ2) is 5.59. The predicted octanol–water partition coefficient (Wildman–Crippen LogP) is 0.904. The van der Waals surface area contributed by atoms with Crippen molar-refractivity contribution < 1.29 is 0 Å². The number of imidazole rings is 1. The second-order valence-electron chi connectivity index (χ2n) is 5.01. The summed E-state index contributed by atoms with van der Waals surface area (Å²) in [4.78, 5) is 12.9. The van der Waals surface area contributed by atoms with Crippen LogP contribution in [-0.2, 0) is 0 Å². The summed E-state index contributed by atoms with van der Waals surface area (Å²) in [6.45, 7) is 6.50. The van der Waals surface area contributed by atoms with E-state index in [9.17, 15) is 0 Å². The van der Waals surface area contributed by atoms with Crippen molar-refractivity contribution in [1.29, 1.82) is 0 Å². The quantitative estimate of drug-likeness (QED) is 0.856. The van der Waals surface area contributed by atoms with E-state index in [1.165, 1.54) is 0 Å². The summed E-state index contributed by atoms with van der Waals surface area (Å²) in [7, 11) is 2.00. The van der Waals surface area contributed by atoms with Crippen molar-refractivity contribution in [2.45, 2.75) is 0 Å². The number of anilines is 1. The molecule has 0 saturated carbocycles. The molecule has 1 fully saturated rings. The van der Waals surface area contributed by atoms with Gasteiger partial charge < -0.3 is 15.2 Å². The maximum Gasteiger partial charge on any atom is 0.203 e. The zero-order chi connectivity index (χ0) is 13.1. The highest BCUT2D eigenvalue weighted by atomic mass is 15.3. The molecule has 1 aromatic heterocycles. The lowest BCUT2D eigenvalue weighted by Crippen LogP contribution is -2.48. The van der Waals surface area contributed by atoms with Crippen molar-refractivity contribution in [3.8, 4) is 0 Å². The summed E-state index contributed by atoms with van der Waals surface area (Å²) in [6.07, 6.45) is 0. The molecule has 1 aliphatic heterocycles. The predicted molar refractivity (Wildman–Crippen MR) is 78.7 cm³/mol. The van der Waals surface area contributed by atoms with Crippen LogP contribution in [0.5, 0.6) is 0 Å². The first-order chi connectivity index (χ1) is 9.36. The Morgan fingerprint density at radius 2 is 2.00 bits per heavy atom. The van der Waals surface area contributed by atoms with Gasteiger partial charge in [-0.25, -0.2) is 4.98 Å². The Morgan fingerprint density at radius 1 is 1.21 bits per heavy atom. The van der Waals surface area contributed by atoms with Gasteiger partial charge in [0.15, 0.2) is 0 Å². The minimum absolute atomic E-state index is 1.01. The average Bonchev–Trinajstić information content (AvgIpc) is 2.89. The number of hydrogen-bond acceptors (Lipinski definition) is 4. The fourth-order valence-corrected chi connectivity index (χ4v) is 2.54. The summed E-state index contributed by atoms with van der Waals surface area (Å²) in [5, 5.41) is 3.20. The number of H-pyrrole nitrogens is 1. The van der Waals surface area contributed by atoms with Crippen LogP contribution < -0.4 is 10.2 Å². The number of hydrogen-bond donors (Lipinski definition) is 2. The van der Waals surface area contributed by atoms with E-state index in [-0.39, 0.29) is 0 Å². The Morgan fingerprint density at radius 3 is 2.74 bits per heavy atom. The first kappa shape index (κ1) is 12.4. The van der Waals surface area contributed by atoms with Gasteiger partial charge in [-0.15, -0.1) is 0 Å². The third kappa shape index (κ3) is 2.72. The number of piperazine rings is 1. The fraction of sp³-hybridized carbons (Fsp3) is 0.500. The number of aromatic amines is 1. The molecule has 1 saturated heterocycles. The Kier molecular flexibility index (Phi) is 3.66. The largest absolute Gasteiger partial charge is 0.340 e. The van der Waals surface area contributed by atoms with Crippen molar-refractivity contribution in [3.05, 3.63) is 24.3 Å². The van der Waals surface area contributed by atoms with Gasteiger partial charge in [0.05, 0.1) is 11.0 Å². The number of rotatable bonds is 4. The third-order valence-corrected chi connectivity index (χ3v) is 3.73. The Hall–Kier alpha value is -1.59. The summed E-state index contributed by atoms with van der Waals surface area (Å²) in [5.74, 6) is 1.01. The highest BCUT2D eigenvalue weighted by Crippen LogP contribution is 2.18. The maximum absolute atomic E-state index is 4.66. The van der Waals surface area contributed by atoms with Crippen LogP contribution in [0.25, 0.3) is 11.0 Å². The Balaban J connectivity index is 1.64. The zero-order valence-corrected chi connectivity index (χ0v) is 11.4. The van der Waals surface area contributed by atoms with Crippen LogP contribution in [0.2, 0.25) is 0 Å². The molecule has 5 nitrogen and oxygen atoms in total. The van der Waals surface area contributed by atoms with Gasteiger partial charge in [-0.3, -0.25) is 4.90 Å². The molecule has 0 unspecified atom stereocenters. The van der Waals surface area contributed by atoms with Crippen LogP contribution in [0.4, 0.5) is 5.95 Å². The van der Waals surface area contributed by atoms with Gasteiger partial charge in [-0.2, -0.15) is 0 Å². The van der Waals surface area contributed by atoms with Gasteiger partial charge in [0.1, 0.15) is 0 Å². The number of nitrogens with zero attached hydrogens (tertiary/aromatic N) is 3.